The highest BCUT2D eigenvalue weighted by Gasteiger charge is 2.55. The van der Waals surface area contributed by atoms with Gasteiger partial charge in [-0.3, -0.25) is 0 Å². The van der Waals surface area contributed by atoms with Crippen LogP contribution >= 0.6 is 23.2 Å². The zero-order valence-electron chi connectivity index (χ0n) is 13.0. The number of hydrogen-bond donors (Lipinski definition) is 0. The predicted molar refractivity (Wildman–Crippen MR) is 84.7 cm³/mol. The van der Waals surface area contributed by atoms with E-state index in [0.717, 1.165) is 12.1 Å². The third kappa shape index (κ3) is 2.44. The minimum absolute atomic E-state index is 0.0230. The summed E-state index contributed by atoms with van der Waals surface area (Å²) in [5.74, 6) is -0.623. The molecule has 4 atom stereocenters. The fourth-order valence-electron chi connectivity index (χ4n) is 3.42. The molecule has 2 saturated heterocycles. The Hall–Kier alpha value is -0.920. The molecule has 0 spiro atoms. The van der Waals surface area contributed by atoms with Gasteiger partial charge >= 0.3 is 0 Å². The predicted octanol–water partition coefficient (Wildman–Crippen LogP) is 3.41. The number of nitrogens with zero attached hydrogens (tertiary/aromatic N) is 3. The summed E-state index contributed by atoms with van der Waals surface area (Å²) in [4.78, 5) is 3.96. The molecule has 2 aliphatic heterocycles. The first kappa shape index (κ1) is 15.6. The number of fused-ring (bicyclic) bond motifs is 2. The zero-order valence-corrected chi connectivity index (χ0v) is 14.5. The summed E-state index contributed by atoms with van der Waals surface area (Å²) in [6, 6.07) is 3.77. The number of hydrogen-bond acceptors (Lipinski definition) is 5. The van der Waals surface area contributed by atoms with Crippen LogP contribution in [0.25, 0.3) is 5.52 Å². The van der Waals surface area contributed by atoms with Crippen molar-refractivity contribution in [3.63, 3.8) is 0 Å². The number of rotatable bonds is 2. The van der Waals surface area contributed by atoms with E-state index in [0.29, 0.717) is 10.7 Å². The first-order valence-corrected chi connectivity index (χ1v) is 8.37. The molecule has 0 amide bonds. The zero-order chi connectivity index (χ0) is 16.4. The number of ether oxygens (including phenoxy) is 3. The van der Waals surface area contributed by atoms with Gasteiger partial charge in [0.2, 0.25) is 5.28 Å². The summed E-state index contributed by atoms with van der Waals surface area (Å²) in [5.41, 5.74) is 1.52. The van der Waals surface area contributed by atoms with Crippen LogP contribution in [0.2, 0.25) is 10.4 Å². The molecular weight excluding hydrogens is 341 g/mol. The summed E-state index contributed by atoms with van der Waals surface area (Å²) < 4.78 is 20.0. The van der Waals surface area contributed by atoms with E-state index in [1.807, 2.05) is 26.0 Å². The van der Waals surface area contributed by atoms with E-state index in [-0.39, 0.29) is 29.7 Å². The highest BCUT2D eigenvalue weighted by molar-refractivity contribution is 6.34. The van der Waals surface area contributed by atoms with Crippen LogP contribution in [0, 0.1) is 0 Å². The van der Waals surface area contributed by atoms with Gasteiger partial charge in [0, 0.05) is 0 Å². The van der Waals surface area contributed by atoms with Crippen molar-refractivity contribution in [2.24, 2.45) is 0 Å². The van der Waals surface area contributed by atoms with Crippen molar-refractivity contribution in [1.29, 1.82) is 0 Å². The van der Waals surface area contributed by atoms with Gasteiger partial charge in [-0.15, -0.1) is 5.10 Å². The molecule has 2 aromatic heterocycles. The van der Waals surface area contributed by atoms with Crippen molar-refractivity contribution in [2.75, 3.05) is 0 Å². The lowest BCUT2D eigenvalue weighted by molar-refractivity contribution is -0.188. The first-order valence-electron chi connectivity index (χ1n) is 7.61. The summed E-state index contributed by atoms with van der Waals surface area (Å²) in [7, 11) is 0. The van der Waals surface area contributed by atoms with E-state index >= 15 is 0 Å². The average Bonchev–Trinajstić information content (AvgIpc) is 3.09. The Morgan fingerprint density at radius 1 is 1.22 bits per heavy atom. The molecule has 23 heavy (non-hydrogen) atoms. The minimum Gasteiger partial charge on any atom is -0.363 e. The van der Waals surface area contributed by atoms with Crippen LogP contribution in [0.5, 0.6) is 0 Å². The Balaban J connectivity index is 1.79. The lowest BCUT2D eigenvalue weighted by Crippen LogP contribution is -2.28. The smallest absolute Gasteiger partial charge is 0.242 e. The first-order chi connectivity index (χ1) is 10.9. The van der Waals surface area contributed by atoms with Crippen LogP contribution in [-0.4, -0.2) is 38.7 Å². The lowest BCUT2D eigenvalue weighted by Gasteiger charge is -2.23. The van der Waals surface area contributed by atoms with E-state index in [4.69, 9.17) is 37.4 Å². The normalized spacial score (nSPS) is 32.6. The maximum atomic E-state index is 6.19. The average molecular weight is 358 g/mol. The van der Waals surface area contributed by atoms with Crippen molar-refractivity contribution in [3.05, 3.63) is 28.3 Å². The maximum Gasteiger partial charge on any atom is 0.242 e. The van der Waals surface area contributed by atoms with Gasteiger partial charge in [0.25, 0.3) is 0 Å². The molecule has 6 nitrogen and oxygen atoms in total. The Kier molecular flexibility index (Phi) is 3.59. The van der Waals surface area contributed by atoms with E-state index < -0.39 is 5.79 Å². The van der Waals surface area contributed by atoms with Crippen LogP contribution in [0.1, 0.15) is 39.0 Å². The molecule has 0 aromatic carbocycles. The lowest BCUT2D eigenvalue weighted by atomic mass is 10.0. The maximum absolute atomic E-state index is 6.19. The SMILES string of the molecule is CC[C@H]1OC(c2ccc3c(Cl)nc(Cl)nn23)[C@@H]2OC(C)(C)O[C@H]12. The molecule has 0 aliphatic carbocycles. The van der Waals surface area contributed by atoms with Crippen LogP contribution in [0.4, 0.5) is 0 Å². The molecule has 4 heterocycles. The van der Waals surface area contributed by atoms with Crippen molar-refractivity contribution >= 4 is 28.7 Å². The van der Waals surface area contributed by atoms with Gasteiger partial charge in [0.05, 0.1) is 11.8 Å². The summed E-state index contributed by atoms with van der Waals surface area (Å²) in [6.07, 6.45) is 0.233. The molecule has 124 valence electrons. The van der Waals surface area contributed by atoms with Crippen molar-refractivity contribution in [1.82, 2.24) is 14.6 Å². The second kappa shape index (κ2) is 5.29. The number of aromatic nitrogens is 3. The van der Waals surface area contributed by atoms with Crippen molar-refractivity contribution < 1.29 is 14.2 Å². The van der Waals surface area contributed by atoms with E-state index in [9.17, 15) is 0 Å². The van der Waals surface area contributed by atoms with Crippen molar-refractivity contribution in [2.45, 2.75) is 57.4 Å². The molecule has 0 N–H and O–H groups in total. The molecule has 0 radical (unpaired) electrons. The standard InChI is InChI=1S/C15H17Cl2N3O3/c1-4-9-11-12(23-15(2,3)22-11)10(21-9)7-5-6-8-13(16)18-14(17)19-20(7)8/h5-6,9-12H,4H2,1-3H3/t9-,10?,11-,12+/m1/s1. The van der Waals surface area contributed by atoms with Gasteiger partial charge in [0.15, 0.2) is 10.9 Å². The minimum atomic E-state index is -0.623. The molecular formula is C15H17Cl2N3O3. The monoisotopic (exact) mass is 357 g/mol. The van der Waals surface area contributed by atoms with Crippen LogP contribution in [0.15, 0.2) is 12.1 Å². The van der Waals surface area contributed by atoms with Crippen LogP contribution in [-0.2, 0) is 14.2 Å². The largest absolute Gasteiger partial charge is 0.363 e. The summed E-state index contributed by atoms with van der Waals surface area (Å²) >= 11 is 12.1. The van der Waals surface area contributed by atoms with Gasteiger partial charge in [0.1, 0.15) is 23.8 Å². The third-order valence-corrected chi connectivity index (χ3v) is 4.75. The molecule has 4 rings (SSSR count). The van der Waals surface area contributed by atoms with E-state index in [1.165, 1.54) is 0 Å². The molecule has 8 heteroatoms. The highest BCUT2D eigenvalue weighted by atomic mass is 35.5. The molecule has 0 saturated carbocycles. The molecule has 2 fully saturated rings. The fraction of sp³-hybridized carbons (Fsp3) is 0.600. The van der Waals surface area contributed by atoms with Gasteiger partial charge in [-0.05, 0) is 44.0 Å². The van der Waals surface area contributed by atoms with Gasteiger partial charge in [-0.2, -0.15) is 0 Å². The van der Waals surface area contributed by atoms with Crippen molar-refractivity contribution in [3.8, 4) is 0 Å². The topological polar surface area (TPSA) is 57.9 Å². The molecule has 2 aromatic rings. The number of halogens is 2. The van der Waals surface area contributed by atoms with E-state index in [2.05, 4.69) is 17.0 Å². The molecule has 0 bridgehead atoms. The Morgan fingerprint density at radius 3 is 2.70 bits per heavy atom. The van der Waals surface area contributed by atoms with Crippen LogP contribution < -0.4 is 0 Å². The summed E-state index contributed by atoms with van der Waals surface area (Å²) in [6.45, 7) is 5.91. The van der Waals surface area contributed by atoms with E-state index in [1.54, 1.807) is 4.52 Å². The van der Waals surface area contributed by atoms with Gasteiger partial charge in [-0.1, -0.05) is 18.5 Å². The molecule has 2 aliphatic rings. The third-order valence-electron chi connectivity index (χ3n) is 4.31. The Morgan fingerprint density at radius 2 is 1.96 bits per heavy atom. The highest BCUT2D eigenvalue weighted by Crippen LogP contribution is 2.46. The quantitative estimate of drug-likeness (QED) is 0.824. The van der Waals surface area contributed by atoms with Crippen LogP contribution in [0.3, 0.4) is 0 Å². The molecule has 1 unspecified atom stereocenters. The van der Waals surface area contributed by atoms with Gasteiger partial charge < -0.3 is 14.2 Å². The van der Waals surface area contributed by atoms with Gasteiger partial charge in [-0.25, -0.2) is 9.50 Å². The second-order valence-electron chi connectivity index (χ2n) is 6.30. The summed E-state index contributed by atoms with van der Waals surface area (Å²) in [5, 5.41) is 4.65. The Bertz CT molecular complexity index is 764. The Labute approximate surface area is 143 Å². The second-order valence-corrected chi connectivity index (χ2v) is 6.99. The fourth-order valence-corrected chi connectivity index (χ4v) is 3.85.